The van der Waals surface area contributed by atoms with Gasteiger partial charge in [0.15, 0.2) is 10.6 Å². The van der Waals surface area contributed by atoms with Crippen LogP contribution in [0.1, 0.15) is 36.1 Å². The first-order chi connectivity index (χ1) is 7.91. The third-order valence-electron chi connectivity index (χ3n) is 2.60. The number of rotatable bonds is 3. The highest BCUT2D eigenvalue weighted by Crippen LogP contribution is 2.32. The monoisotopic (exact) mass is 277 g/mol. The molecule has 17 heavy (non-hydrogen) atoms. The van der Waals surface area contributed by atoms with Crippen LogP contribution >= 0.6 is 23.2 Å². The summed E-state index contributed by atoms with van der Waals surface area (Å²) in [5, 5.41) is 3.17. The molecule has 2 rings (SSSR count). The van der Waals surface area contributed by atoms with Crippen molar-refractivity contribution < 1.29 is 13.9 Å². The molecule has 94 valence electrons. The maximum Gasteiger partial charge on any atom is 0.199 e. The van der Waals surface area contributed by atoms with Crippen LogP contribution in [0.15, 0.2) is 16.7 Å². The Morgan fingerprint density at radius 1 is 1.59 bits per heavy atom. The number of ketones is 1. The van der Waals surface area contributed by atoms with E-state index in [9.17, 15) is 4.79 Å². The van der Waals surface area contributed by atoms with Gasteiger partial charge in [0.05, 0.1) is 11.8 Å². The normalized spacial score (nSPS) is 23.2. The zero-order valence-corrected chi connectivity index (χ0v) is 11.0. The summed E-state index contributed by atoms with van der Waals surface area (Å²) in [6.07, 6.45) is 1.14. The predicted octanol–water partition coefficient (Wildman–Crippen LogP) is 2.66. The molecule has 1 aromatic heterocycles. The summed E-state index contributed by atoms with van der Waals surface area (Å²) < 4.78 is 11.0. The van der Waals surface area contributed by atoms with Gasteiger partial charge in [0.2, 0.25) is 0 Å². The number of Topliss-reactive ketones (excluding diaryl/α,β-unsaturated/α-hetero) is 1. The Labute approximate surface area is 109 Å². The minimum absolute atomic E-state index is 0.300. The fourth-order valence-electron chi connectivity index (χ4n) is 1.82. The molecule has 0 spiro atoms. The van der Waals surface area contributed by atoms with Crippen molar-refractivity contribution in [1.82, 2.24) is 5.32 Å². The van der Waals surface area contributed by atoms with Gasteiger partial charge in [-0.3, -0.25) is 10.1 Å². The summed E-state index contributed by atoms with van der Waals surface area (Å²) in [7, 11) is 0. The van der Waals surface area contributed by atoms with Gasteiger partial charge in [-0.1, -0.05) is 23.2 Å². The quantitative estimate of drug-likeness (QED) is 0.682. The fraction of sp³-hybridized carbons (Fsp3) is 0.545. The first kappa shape index (κ1) is 12.9. The van der Waals surface area contributed by atoms with Crippen LogP contribution in [-0.2, 0) is 4.74 Å². The van der Waals surface area contributed by atoms with Crippen molar-refractivity contribution in [2.45, 2.75) is 30.5 Å². The smallest absolute Gasteiger partial charge is 0.199 e. The van der Waals surface area contributed by atoms with Crippen molar-refractivity contribution in [1.29, 1.82) is 0 Å². The molecule has 2 heterocycles. The topological polar surface area (TPSA) is 51.5 Å². The van der Waals surface area contributed by atoms with Crippen LogP contribution in [0.3, 0.4) is 0 Å². The van der Waals surface area contributed by atoms with Crippen LogP contribution in [0.25, 0.3) is 0 Å². The Morgan fingerprint density at radius 2 is 2.29 bits per heavy atom. The second kappa shape index (κ2) is 4.61. The van der Waals surface area contributed by atoms with Crippen LogP contribution in [0.2, 0.25) is 0 Å². The third kappa shape index (κ3) is 2.65. The Kier molecular flexibility index (Phi) is 3.50. The van der Waals surface area contributed by atoms with E-state index in [-0.39, 0.29) is 11.9 Å². The minimum atomic E-state index is -1.09. The molecule has 0 aromatic carbocycles. The van der Waals surface area contributed by atoms with Gasteiger partial charge in [-0.05, 0) is 19.9 Å². The highest BCUT2D eigenvalue weighted by atomic mass is 35.5. The number of carbonyl (C=O) groups is 1. The number of ether oxygens (including phenoxy) is 1. The Morgan fingerprint density at radius 3 is 2.82 bits per heavy atom. The van der Waals surface area contributed by atoms with Crippen molar-refractivity contribution in [2.75, 3.05) is 6.54 Å². The highest BCUT2D eigenvalue weighted by molar-refractivity contribution is 6.55. The summed E-state index contributed by atoms with van der Waals surface area (Å²) in [5.74, 6) is 0.102. The lowest BCUT2D eigenvalue weighted by molar-refractivity contribution is -0.0320. The number of halogens is 2. The van der Waals surface area contributed by atoms with E-state index >= 15 is 0 Å². The van der Waals surface area contributed by atoms with Crippen LogP contribution in [-0.4, -0.2) is 22.9 Å². The first-order valence-corrected chi connectivity index (χ1v) is 6.10. The molecule has 1 atom stereocenters. The third-order valence-corrected chi connectivity index (χ3v) is 3.00. The molecular weight excluding hydrogens is 265 g/mol. The Hall–Kier alpha value is -0.550. The first-order valence-electron chi connectivity index (χ1n) is 5.23. The van der Waals surface area contributed by atoms with Gasteiger partial charge in [0.25, 0.3) is 0 Å². The van der Waals surface area contributed by atoms with E-state index in [2.05, 4.69) is 5.32 Å². The van der Waals surface area contributed by atoms with Gasteiger partial charge < -0.3 is 9.15 Å². The van der Waals surface area contributed by atoms with Gasteiger partial charge in [0, 0.05) is 6.54 Å². The number of nitrogens with one attached hydrogen (secondary N) is 1. The lowest BCUT2D eigenvalue weighted by atomic mass is 10.1. The minimum Gasteiger partial charge on any atom is -0.466 e. The summed E-state index contributed by atoms with van der Waals surface area (Å²) in [5.41, 5.74) is -0.0523. The summed E-state index contributed by atoms with van der Waals surface area (Å²) >= 11 is 11.1. The van der Waals surface area contributed by atoms with E-state index in [0.717, 1.165) is 0 Å². The van der Waals surface area contributed by atoms with Crippen LogP contribution in [0.4, 0.5) is 0 Å². The molecule has 1 aliphatic heterocycles. The van der Waals surface area contributed by atoms with Gasteiger partial charge in [-0.25, -0.2) is 0 Å². The Bertz CT molecular complexity index is 428. The van der Waals surface area contributed by atoms with Crippen molar-refractivity contribution >= 4 is 29.0 Å². The lowest BCUT2D eigenvalue weighted by Gasteiger charge is -2.18. The maximum absolute atomic E-state index is 11.7. The largest absolute Gasteiger partial charge is 0.466 e. The zero-order chi connectivity index (χ0) is 12.6. The predicted molar refractivity (Wildman–Crippen MR) is 64.4 cm³/mol. The molecule has 1 unspecified atom stereocenters. The molecule has 4 nitrogen and oxygen atoms in total. The molecule has 0 amide bonds. The molecule has 0 radical (unpaired) electrons. The van der Waals surface area contributed by atoms with Gasteiger partial charge >= 0.3 is 0 Å². The maximum atomic E-state index is 11.7. The fourth-order valence-corrected chi connectivity index (χ4v) is 2.05. The second-order valence-electron chi connectivity index (χ2n) is 4.36. The standard InChI is InChI=1S/C11H13Cl2NO3/c1-11(2)14-5-7(17-11)9-6(3-4-16-9)8(15)10(12)13/h3-4,7,10,14H,5H2,1-2H3. The number of furan rings is 1. The molecule has 0 aliphatic carbocycles. The van der Waals surface area contributed by atoms with Crippen LogP contribution in [0.5, 0.6) is 0 Å². The molecule has 1 aliphatic rings. The summed E-state index contributed by atoms with van der Waals surface area (Å²) in [6, 6.07) is 1.56. The summed E-state index contributed by atoms with van der Waals surface area (Å²) in [6.45, 7) is 4.39. The van der Waals surface area contributed by atoms with E-state index in [4.69, 9.17) is 32.4 Å². The van der Waals surface area contributed by atoms with Crippen molar-refractivity contribution in [2.24, 2.45) is 0 Å². The van der Waals surface area contributed by atoms with E-state index in [0.29, 0.717) is 17.9 Å². The van der Waals surface area contributed by atoms with E-state index in [1.807, 2.05) is 13.8 Å². The molecule has 1 fully saturated rings. The van der Waals surface area contributed by atoms with Crippen LogP contribution < -0.4 is 5.32 Å². The van der Waals surface area contributed by atoms with Crippen molar-refractivity contribution in [3.05, 3.63) is 23.7 Å². The lowest BCUT2D eigenvalue weighted by Crippen LogP contribution is -2.33. The average Bonchev–Trinajstić information content (AvgIpc) is 2.82. The number of alkyl halides is 2. The zero-order valence-electron chi connectivity index (χ0n) is 9.50. The summed E-state index contributed by atoms with van der Waals surface area (Å²) in [4.78, 5) is 10.7. The molecule has 1 N–H and O–H groups in total. The van der Waals surface area contributed by atoms with E-state index in [1.54, 1.807) is 6.07 Å². The molecule has 6 heteroatoms. The molecule has 1 saturated heterocycles. The molecule has 0 saturated carbocycles. The Balaban J connectivity index is 2.23. The van der Waals surface area contributed by atoms with Gasteiger partial charge in [0.1, 0.15) is 17.6 Å². The molecule has 0 bridgehead atoms. The SMILES string of the molecule is CC1(C)NCC(c2occc2C(=O)C(Cl)Cl)O1. The number of carbonyl (C=O) groups excluding carboxylic acids is 1. The second-order valence-corrected chi connectivity index (χ2v) is 5.46. The van der Waals surface area contributed by atoms with Gasteiger partial charge in [-0.15, -0.1) is 0 Å². The average molecular weight is 278 g/mol. The van der Waals surface area contributed by atoms with E-state index in [1.165, 1.54) is 6.26 Å². The molecule has 1 aromatic rings. The van der Waals surface area contributed by atoms with E-state index < -0.39 is 10.6 Å². The number of hydrogen-bond donors (Lipinski definition) is 1. The van der Waals surface area contributed by atoms with Crippen molar-refractivity contribution in [3.8, 4) is 0 Å². The van der Waals surface area contributed by atoms with Gasteiger partial charge in [-0.2, -0.15) is 0 Å². The number of hydrogen-bond acceptors (Lipinski definition) is 4. The highest BCUT2D eigenvalue weighted by Gasteiger charge is 2.36. The van der Waals surface area contributed by atoms with Crippen LogP contribution in [0, 0.1) is 0 Å². The molecular formula is C11H13Cl2NO3. The van der Waals surface area contributed by atoms with Crippen molar-refractivity contribution in [3.63, 3.8) is 0 Å².